The molecule has 0 saturated carbocycles. The molecule has 106 valence electrons. The lowest BCUT2D eigenvalue weighted by atomic mass is 9.66. The van der Waals surface area contributed by atoms with E-state index in [0.29, 0.717) is 0 Å². The van der Waals surface area contributed by atoms with Crippen molar-refractivity contribution in [2.75, 3.05) is 13.2 Å². The summed E-state index contributed by atoms with van der Waals surface area (Å²) < 4.78 is 19.1. The molecular weight excluding hydrogens is 241 g/mol. The monoisotopic (exact) mass is 266 g/mol. The molecule has 2 rings (SSSR count). The molecule has 0 spiro atoms. The topological polar surface area (TPSA) is 36.9 Å². The second-order valence-corrected chi connectivity index (χ2v) is 5.97. The molecule has 1 saturated heterocycles. The third kappa shape index (κ3) is 2.98. The van der Waals surface area contributed by atoms with Crippen LogP contribution in [-0.2, 0) is 10.2 Å². The number of ether oxygens (including phenoxy) is 1. The number of quaternary nitrogens is 1. The van der Waals surface area contributed by atoms with Crippen molar-refractivity contribution in [2.45, 2.75) is 50.5 Å². The number of rotatable bonds is 4. The SMILES string of the molecule is CCC1(C)CC(CC[NH3+])(c2ccc(F)cc2)CCO1. The fraction of sp³-hybridized carbons (Fsp3) is 0.625. The lowest BCUT2D eigenvalue weighted by Gasteiger charge is -2.46. The standard InChI is InChI=1S/C16H24FNO/c1-3-15(2)12-16(8-10-18,9-11-19-15)13-4-6-14(17)7-5-13/h4-7H,3,8-12,18H2,1-2H3/p+1. The van der Waals surface area contributed by atoms with Crippen molar-refractivity contribution < 1.29 is 14.9 Å². The third-order valence-electron chi connectivity index (χ3n) is 4.60. The summed E-state index contributed by atoms with van der Waals surface area (Å²) in [5.74, 6) is -0.168. The van der Waals surface area contributed by atoms with Crippen molar-refractivity contribution in [3.05, 3.63) is 35.6 Å². The Bertz CT molecular complexity index is 415. The highest BCUT2D eigenvalue weighted by Crippen LogP contribution is 2.44. The molecule has 0 bridgehead atoms. The second kappa shape index (κ2) is 5.59. The molecular formula is C16H25FNO+. The minimum absolute atomic E-state index is 0.0677. The summed E-state index contributed by atoms with van der Waals surface area (Å²) in [6, 6.07) is 7.01. The van der Waals surface area contributed by atoms with Crippen molar-refractivity contribution in [1.82, 2.24) is 0 Å². The Morgan fingerprint density at radius 1 is 1.32 bits per heavy atom. The van der Waals surface area contributed by atoms with Crippen LogP contribution >= 0.6 is 0 Å². The van der Waals surface area contributed by atoms with E-state index in [4.69, 9.17) is 4.74 Å². The lowest BCUT2D eigenvalue weighted by molar-refractivity contribution is -0.372. The van der Waals surface area contributed by atoms with Crippen LogP contribution in [0.5, 0.6) is 0 Å². The van der Waals surface area contributed by atoms with Gasteiger partial charge in [0.25, 0.3) is 0 Å². The molecule has 19 heavy (non-hydrogen) atoms. The average molecular weight is 266 g/mol. The van der Waals surface area contributed by atoms with Crippen LogP contribution in [0.1, 0.15) is 45.1 Å². The van der Waals surface area contributed by atoms with Crippen molar-refractivity contribution in [3.8, 4) is 0 Å². The smallest absolute Gasteiger partial charge is 0.123 e. The molecule has 2 atom stereocenters. The van der Waals surface area contributed by atoms with Gasteiger partial charge in [-0.05, 0) is 43.9 Å². The normalized spacial score (nSPS) is 31.4. The molecule has 0 amide bonds. The summed E-state index contributed by atoms with van der Waals surface area (Å²) in [5, 5.41) is 0. The Morgan fingerprint density at radius 3 is 2.58 bits per heavy atom. The zero-order valence-electron chi connectivity index (χ0n) is 12.0. The minimum atomic E-state index is -0.168. The van der Waals surface area contributed by atoms with Crippen molar-refractivity contribution in [2.24, 2.45) is 0 Å². The van der Waals surface area contributed by atoms with Crippen LogP contribution in [-0.4, -0.2) is 18.8 Å². The van der Waals surface area contributed by atoms with Gasteiger partial charge in [0.2, 0.25) is 0 Å². The summed E-state index contributed by atoms with van der Waals surface area (Å²) in [7, 11) is 0. The third-order valence-corrected chi connectivity index (χ3v) is 4.60. The Hall–Kier alpha value is -0.930. The first kappa shape index (κ1) is 14.5. The molecule has 0 radical (unpaired) electrons. The molecule has 0 aliphatic carbocycles. The van der Waals surface area contributed by atoms with E-state index in [9.17, 15) is 4.39 Å². The van der Waals surface area contributed by atoms with E-state index in [2.05, 4.69) is 19.6 Å². The van der Waals surface area contributed by atoms with E-state index in [0.717, 1.165) is 38.8 Å². The van der Waals surface area contributed by atoms with Gasteiger partial charge in [0, 0.05) is 18.4 Å². The van der Waals surface area contributed by atoms with Gasteiger partial charge in [-0.25, -0.2) is 4.39 Å². The van der Waals surface area contributed by atoms with E-state index >= 15 is 0 Å². The molecule has 3 heteroatoms. The number of hydrogen-bond donors (Lipinski definition) is 1. The maximum Gasteiger partial charge on any atom is 0.123 e. The van der Waals surface area contributed by atoms with Crippen molar-refractivity contribution in [1.29, 1.82) is 0 Å². The predicted molar refractivity (Wildman–Crippen MR) is 74.3 cm³/mol. The van der Waals surface area contributed by atoms with Crippen LogP contribution in [0.15, 0.2) is 24.3 Å². The maximum atomic E-state index is 13.1. The first-order valence-corrected chi connectivity index (χ1v) is 7.23. The summed E-state index contributed by atoms with van der Waals surface area (Å²) in [6.07, 6.45) is 4.05. The number of halogens is 1. The summed E-state index contributed by atoms with van der Waals surface area (Å²) >= 11 is 0. The molecule has 2 unspecified atom stereocenters. The Balaban J connectivity index is 2.34. The van der Waals surface area contributed by atoms with Crippen LogP contribution in [0.25, 0.3) is 0 Å². The second-order valence-electron chi connectivity index (χ2n) is 5.97. The maximum absolute atomic E-state index is 13.1. The minimum Gasteiger partial charge on any atom is -0.375 e. The highest BCUT2D eigenvalue weighted by molar-refractivity contribution is 5.27. The fourth-order valence-electron chi connectivity index (χ4n) is 3.32. The quantitative estimate of drug-likeness (QED) is 0.893. The Kier molecular flexibility index (Phi) is 4.26. The van der Waals surface area contributed by atoms with Gasteiger partial charge in [-0.1, -0.05) is 19.1 Å². The Morgan fingerprint density at radius 2 is 2.00 bits per heavy atom. The average Bonchev–Trinajstić information content (AvgIpc) is 2.40. The first-order chi connectivity index (χ1) is 9.03. The summed E-state index contributed by atoms with van der Waals surface area (Å²) in [5.41, 5.74) is 5.29. The van der Waals surface area contributed by atoms with Crippen LogP contribution in [0.4, 0.5) is 4.39 Å². The molecule has 0 aromatic heterocycles. The zero-order valence-corrected chi connectivity index (χ0v) is 12.0. The molecule has 3 N–H and O–H groups in total. The van der Waals surface area contributed by atoms with Gasteiger partial charge in [-0.15, -0.1) is 0 Å². The fourth-order valence-corrected chi connectivity index (χ4v) is 3.32. The van der Waals surface area contributed by atoms with Gasteiger partial charge in [-0.2, -0.15) is 0 Å². The first-order valence-electron chi connectivity index (χ1n) is 7.23. The highest BCUT2D eigenvalue weighted by atomic mass is 19.1. The van der Waals surface area contributed by atoms with Gasteiger partial charge in [0.05, 0.1) is 12.1 Å². The molecule has 1 aliphatic rings. The van der Waals surface area contributed by atoms with E-state index in [-0.39, 0.29) is 16.8 Å². The van der Waals surface area contributed by atoms with Crippen LogP contribution in [0.2, 0.25) is 0 Å². The van der Waals surface area contributed by atoms with E-state index < -0.39 is 0 Å². The van der Waals surface area contributed by atoms with Gasteiger partial charge in [0.1, 0.15) is 5.82 Å². The summed E-state index contributed by atoms with van der Waals surface area (Å²) in [6.45, 7) is 6.04. The van der Waals surface area contributed by atoms with Crippen molar-refractivity contribution >= 4 is 0 Å². The van der Waals surface area contributed by atoms with E-state index in [1.807, 2.05) is 12.1 Å². The molecule has 1 heterocycles. The van der Waals surface area contributed by atoms with E-state index in [1.54, 1.807) is 12.1 Å². The number of benzene rings is 1. The van der Waals surface area contributed by atoms with Gasteiger partial charge in [-0.3, -0.25) is 0 Å². The zero-order chi connectivity index (χ0) is 13.9. The summed E-state index contributed by atoms with van der Waals surface area (Å²) in [4.78, 5) is 0. The van der Waals surface area contributed by atoms with Crippen LogP contribution < -0.4 is 5.73 Å². The number of hydrogen-bond acceptors (Lipinski definition) is 1. The largest absolute Gasteiger partial charge is 0.375 e. The lowest BCUT2D eigenvalue weighted by Crippen LogP contribution is -2.55. The molecule has 1 fully saturated rings. The molecule has 1 aromatic rings. The molecule has 2 nitrogen and oxygen atoms in total. The van der Waals surface area contributed by atoms with Crippen LogP contribution in [0, 0.1) is 5.82 Å². The predicted octanol–water partition coefficient (Wildman–Crippen LogP) is 2.67. The Labute approximate surface area is 115 Å². The van der Waals surface area contributed by atoms with Crippen molar-refractivity contribution in [3.63, 3.8) is 0 Å². The molecule has 1 aliphatic heterocycles. The highest BCUT2D eigenvalue weighted by Gasteiger charge is 2.43. The van der Waals surface area contributed by atoms with Gasteiger partial charge >= 0.3 is 0 Å². The van der Waals surface area contributed by atoms with Gasteiger partial charge in [0.15, 0.2) is 0 Å². The molecule has 1 aromatic carbocycles. The van der Waals surface area contributed by atoms with Crippen LogP contribution in [0.3, 0.4) is 0 Å². The van der Waals surface area contributed by atoms with E-state index in [1.165, 1.54) is 5.56 Å². The van der Waals surface area contributed by atoms with Gasteiger partial charge < -0.3 is 10.5 Å².